The van der Waals surface area contributed by atoms with Crippen LogP contribution in [0.3, 0.4) is 0 Å². The van der Waals surface area contributed by atoms with Crippen LogP contribution in [0.4, 0.5) is 5.69 Å². The summed E-state index contributed by atoms with van der Waals surface area (Å²) in [6.45, 7) is 4.28. The molecule has 2 aromatic rings. The summed E-state index contributed by atoms with van der Waals surface area (Å²) in [6, 6.07) is 7.88. The SMILES string of the molecule is CC(C)c1ccc(NC(=O)c2nccn2C)cc1. The van der Waals surface area contributed by atoms with Gasteiger partial charge in [-0.3, -0.25) is 4.79 Å². The molecule has 1 aromatic carbocycles. The number of aromatic nitrogens is 2. The number of nitrogens with zero attached hydrogens (tertiary/aromatic N) is 2. The minimum Gasteiger partial charge on any atom is -0.330 e. The van der Waals surface area contributed by atoms with Crippen molar-refractivity contribution >= 4 is 11.6 Å². The van der Waals surface area contributed by atoms with Crippen LogP contribution >= 0.6 is 0 Å². The molecule has 2 rings (SSSR count). The van der Waals surface area contributed by atoms with Crippen LogP contribution in [0.5, 0.6) is 0 Å². The number of carbonyl (C=O) groups is 1. The molecule has 1 heterocycles. The molecule has 0 bridgehead atoms. The Hall–Kier alpha value is -2.10. The van der Waals surface area contributed by atoms with E-state index in [4.69, 9.17) is 0 Å². The van der Waals surface area contributed by atoms with E-state index in [-0.39, 0.29) is 5.91 Å². The van der Waals surface area contributed by atoms with Crippen molar-refractivity contribution in [3.05, 3.63) is 48.0 Å². The maximum Gasteiger partial charge on any atom is 0.291 e. The van der Waals surface area contributed by atoms with Gasteiger partial charge in [-0.1, -0.05) is 26.0 Å². The molecule has 0 aliphatic carbocycles. The Balaban J connectivity index is 2.10. The van der Waals surface area contributed by atoms with Crippen molar-refractivity contribution in [1.82, 2.24) is 9.55 Å². The molecule has 0 unspecified atom stereocenters. The highest BCUT2D eigenvalue weighted by atomic mass is 16.2. The van der Waals surface area contributed by atoms with Gasteiger partial charge in [-0.25, -0.2) is 4.98 Å². The van der Waals surface area contributed by atoms with Crippen LogP contribution in [-0.4, -0.2) is 15.5 Å². The summed E-state index contributed by atoms with van der Waals surface area (Å²) in [5.41, 5.74) is 2.04. The number of rotatable bonds is 3. The van der Waals surface area contributed by atoms with E-state index in [1.165, 1.54) is 5.56 Å². The Labute approximate surface area is 107 Å². The molecular formula is C14H17N3O. The maximum atomic E-state index is 11.9. The van der Waals surface area contributed by atoms with Gasteiger partial charge in [0, 0.05) is 25.1 Å². The van der Waals surface area contributed by atoms with Gasteiger partial charge >= 0.3 is 0 Å². The van der Waals surface area contributed by atoms with Gasteiger partial charge in [0.15, 0.2) is 5.82 Å². The molecule has 0 atom stereocenters. The van der Waals surface area contributed by atoms with E-state index in [0.29, 0.717) is 11.7 Å². The predicted octanol–water partition coefficient (Wildman–Crippen LogP) is 2.80. The summed E-state index contributed by atoms with van der Waals surface area (Å²) in [6.07, 6.45) is 3.35. The molecular weight excluding hydrogens is 226 g/mol. The second-order valence-corrected chi connectivity index (χ2v) is 4.59. The van der Waals surface area contributed by atoms with Gasteiger partial charge in [0.05, 0.1) is 0 Å². The van der Waals surface area contributed by atoms with Crippen molar-refractivity contribution in [2.24, 2.45) is 7.05 Å². The largest absolute Gasteiger partial charge is 0.330 e. The van der Waals surface area contributed by atoms with Gasteiger partial charge in [-0.2, -0.15) is 0 Å². The number of benzene rings is 1. The first-order valence-electron chi connectivity index (χ1n) is 5.96. The third kappa shape index (κ3) is 2.59. The normalized spacial score (nSPS) is 10.7. The Morgan fingerprint density at radius 1 is 1.28 bits per heavy atom. The summed E-state index contributed by atoms with van der Waals surface area (Å²) in [5.74, 6) is 0.701. The lowest BCUT2D eigenvalue weighted by Gasteiger charge is -2.08. The van der Waals surface area contributed by atoms with Gasteiger partial charge in [-0.05, 0) is 23.6 Å². The van der Waals surface area contributed by atoms with Crippen molar-refractivity contribution in [1.29, 1.82) is 0 Å². The number of imidazole rings is 1. The van der Waals surface area contributed by atoms with E-state index in [0.717, 1.165) is 5.69 Å². The molecule has 1 N–H and O–H groups in total. The van der Waals surface area contributed by atoms with Crippen molar-refractivity contribution in [3.63, 3.8) is 0 Å². The first-order chi connectivity index (χ1) is 8.58. The molecule has 4 nitrogen and oxygen atoms in total. The third-order valence-electron chi connectivity index (χ3n) is 2.86. The number of anilines is 1. The van der Waals surface area contributed by atoms with E-state index in [9.17, 15) is 4.79 Å². The van der Waals surface area contributed by atoms with Crippen LogP contribution in [0.1, 0.15) is 35.9 Å². The zero-order valence-corrected chi connectivity index (χ0v) is 10.8. The Bertz CT molecular complexity index is 540. The second kappa shape index (κ2) is 5.04. The summed E-state index contributed by atoms with van der Waals surface area (Å²) in [7, 11) is 1.80. The lowest BCUT2D eigenvalue weighted by Crippen LogP contribution is -2.16. The predicted molar refractivity (Wildman–Crippen MR) is 71.7 cm³/mol. The highest BCUT2D eigenvalue weighted by Gasteiger charge is 2.10. The molecule has 1 amide bonds. The summed E-state index contributed by atoms with van der Waals surface area (Å²) >= 11 is 0. The van der Waals surface area contributed by atoms with Crippen LogP contribution in [0, 0.1) is 0 Å². The van der Waals surface area contributed by atoms with Crippen LogP contribution < -0.4 is 5.32 Å². The van der Waals surface area contributed by atoms with Gasteiger partial charge < -0.3 is 9.88 Å². The number of carbonyl (C=O) groups excluding carboxylic acids is 1. The fourth-order valence-corrected chi connectivity index (χ4v) is 1.72. The van der Waals surface area contributed by atoms with Crippen molar-refractivity contribution in [3.8, 4) is 0 Å². The Kier molecular flexibility index (Phi) is 3.46. The first kappa shape index (κ1) is 12.4. The molecule has 1 aromatic heterocycles. The van der Waals surface area contributed by atoms with E-state index in [1.807, 2.05) is 24.3 Å². The number of hydrogen-bond acceptors (Lipinski definition) is 2. The third-order valence-corrected chi connectivity index (χ3v) is 2.86. The lowest BCUT2D eigenvalue weighted by molar-refractivity contribution is 0.101. The van der Waals surface area contributed by atoms with Crippen LogP contribution in [0.25, 0.3) is 0 Å². The molecule has 0 saturated carbocycles. The molecule has 94 valence electrons. The monoisotopic (exact) mass is 243 g/mol. The molecule has 0 spiro atoms. The highest BCUT2D eigenvalue weighted by Crippen LogP contribution is 2.17. The number of aryl methyl sites for hydroxylation is 1. The fourth-order valence-electron chi connectivity index (χ4n) is 1.72. The standard InChI is InChI=1S/C14H17N3O/c1-10(2)11-4-6-12(7-5-11)16-14(18)13-15-8-9-17(13)3/h4-10H,1-3H3,(H,16,18). The summed E-state index contributed by atoms with van der Waals surface area (Å²) < 4.78 is 1.69. The molecule has 0 saturated heterocycles. The van der Waals surface area contributed by atoms with Crippen molar-refractivity contribution < 1.29 is 4.79 Å². The first-order valence-corrected chi connectivity index (χ1v) is 5.96. The molecule has 0 aliphatic rings. The Morgan fingerprint density at radius 2 is 1.94 bits per heavy atom. The van der Waals surface area contributed by atoms with Crippen LogP contribution in [0.2, 0.25) is 0 Å². The minimum absolute atomic E-state index is 0.195. The van der Waals surface area contributed by atoms with Crippen molar-refractivity contribution in [2.75, 3.05) is 5.32 Å². The van der Waals surface area contributed by atoms with Crippen LogP contribution in [0.15, 0.2) is 36.7 Å². The van der Waals surface area contributed by atoms with Crippen LogP contribution in [-0.2, 0) is 7.05 Å². The van der Waals surface area contributed by atoms with Gasteiger partial charge in [0.25, 0.3) is 5.91 Å². The molecule has 0 radical (unpaired) electrons. The molecule has 0 aliphatic heterocycles. The zero-order chi connectivity index (χ0) is 13.1. The molecule has 18 heavy (non-hydrogen) atoms. The maximum absolute atomic E-state index is 11.9. The number of hydrogen-bond donors (Lipinski definition) is 1. The van der Waals surface area contributed by atoms with Gasteiger partial charge in [-0.15, -0.1) is 0 Å². The van der Waals surface area contributed by atoms with Gasteiger partial charge in [0.2, 0.25) is 0 Å². The highest BCUT2D eigenvalue weighted by molar-refractivity contribution is 6.01. The summed E-state index contributed by atoms with van der Waals surface area (Å²) in [4.78, 5) is 15.9. The number of nitrogens with one attached hydrogen (secondary N) is 1. The van der Waals surface area contributed by atoms with Crippen molar-refractivity contribution in [2.45, 2.75) is 19.8 Å². The Morgan fingerprint density at radius 3 is 2.44 bits per heavy atom. The molecule has 4 heteroatoms. The zero-order valence-electron chi connectivity index (χ0n) is 10.8. The topological polar surface area (TPSA) is 46.9 Å². The average molecular weight is 243 g/mol. The van der Waals surface area contributed by atoms with E-state index < -0.39 is 0 Å². The van der Waals surface area contributed by atoms with E-state index >= 15 is 0 Å². The second-order valence-electron chi connectivity index (χ2n) is 4.59. The molecule has 0 fully saturated rings. The average Bonchev–Trinajstić information content (AvgIpc) is 2.76. The number of amides is 1. The quantitative estimate of drug-likeness (QED) is 0.901. The smallest absolute Gasteiger partial charge is 0.291 e. The van der Waals surface area contributed by atoms with E-state index in [2.05, 4.69) is 24.1 Å². The summed E-state index contributed by atoms with van der Waals surface area (Å²) in [5, 5.41) is 2.83. The minimum atomic E-state index is -0.195. The lowest BCUT2D eigenvalue weighted by atomic mass is 10.0. The van der Waals surface area contributed by atoms with Gasteiger partial charge in [0.1, 0.15) is 0 Å². The fraction of sp³-hybridized carbons (Fsp3) is 0.286. The van der Waals surface area contributed by atoms with E-state index in [1.54, 1.807) is 24.0 Å².